The molecule has 32 heavy (non-hydrogen) atoms. The molecule has 6 rings (SSSR count). The van der Waals surface area contributed by atoms with Gasteiger partial charge in [-0.25, -0.2) is 0 Å². The zero-order valence-corrected chi connectivity index (χ0v) is 17.2. The number of methoxy groups -OCH3 is 1. The molecule has 154 valence electrons. The van der Waals surface area contributed by atoms with Crippen LogP contribution in [0, 0.1) is 0 Å². The summed E-state index contributed by atoms with van der Waals surface area (Å²) in [5, 5.41) is 9.80. The second-order valence-corrected chi connectivity index (χ2v) is 7.49. The Kier molecular flexibility index (Phi) is 4.18. The van der Waals surface area contributed by atoms with Gasteiger partial charge in [-0.2, -0.15) is 5.10 Å². The Morgan fingerprint density at radius 2 is 1.72 bits per heavy atom. The fourth-order valence-corrected chi connectivity index (χ4v) is 4.02. The minimum Gasteiger partial charge on any atom is -0.495 e. The molecular formula is C25H18N6O. The first-order chi connectivity index (χ1) is 15.8. The molecule has 0 radical (unpaired) electrons. The summed E-state index contributed by atoms with van der Waals surface area (Å²) >= 11 is 0. The Morgan fingerprint density at radius 3 is 2.59 bits per heavy atom. The van der Waals surface area contributed by atoms with Gasteiger partial charge in [0.15, 0.2) is 0 Å². The highest BCUT2D eigenvalue weighted by Gasteiger charge is 2.15. The van der Waals surface area contributed by atoms with Crippen molar-refractivity contribution >= 4 is 21.8 Å². The lowest BCUT2D eigenvalue weighted by molar-refractivity contribution is 0.413. The number of nitrogens with zero attached hydrogens (tertiary/aromatic N) is 4. The van der Waals surface area contributed by atoms with Gasteiger partial charge in [0, 0.05) is 40.4 Å². The number of aromatic nitrogens is 6. The topological polar surface area (TPSA) is 92.4 Å². The molecule has 0 unspecified atom stereocenters. The van der Waals surface area contributed by atoms with Crippen molar-refractivity contribution in [3.63, 3.8) is 0 Å². The Morgan fingerprint density at radius 1 is 0.812 bits per heavy atom. The molecule has 0 saturated heterocycles. The van der Waals surface area contributed by atoms with Crippen molar-refractivity contribution in [2.75, 3.05) is 7.11 Å². The molecule has 7 nitrogen and oxygen atoms in total. The standard InChI is InChI=1S/C25H18N6O/c1-32-17-9-16(12-27-13-17)22-11-20-24(14-28-22)30-31-25(20)23-10-19-18(3-2-4-21(19)29-23)15-5-7-26-8-6-15/h2-14,29H,1H3,(H,30,31). The number of hydrogen-bond acceptors (Lipinski definition) is 5. The molecule has 6 aromatic rings. The van der Waals surface area contributed by atoms with E-state index in [2.05, 4.69) is 54.4 Å². The van der Waals surface area contributed by atoms with Gasteiger partial charge in [-0.15, -0.1) is 0 Å². The fraction of sp³-hybridized carbons (Fsp3) is 0.0400. The molecule has 0 atom stereocenters. The lowest BCUT2D eigenvalue weighted by Gasteiger charge is -2.04. The predicted octanol–water partition coefficient (Wildman–Crippen LogP) is 5.24. The number of hydrogen-bond donors (Lipinski definition) is 2. The summed E-state index contributed by atoms with van der Waals surface area (Å²) < 4.78 is 5.31. The number of rotatable bonds is 4. The SMILES string of the molecule is COc1cncc(-c2cc3c(-c4cc5c(-c6ccncc6)cccc5[nH]4)n[nH]c3cn2)c1. The molecule has 5 heterocycles. The average molecular weight is 418 g/mol. The van der Waals surface area contributed by atoms with E-state index in [0.29, 0.717) is 5.75 Å². The monoisotopic (exact) mass is 418 g/mol. The molecule has 0 aliphatic carbocycles. The van der Waals surface area contributed by atoms with E-state index in [1.54, 1.807) is 25.7 Å². The third-order valence-corrected chi connectivity index (χ3v) is 5.60. The lowest BCUT2D eigenvalue weighted by atomic mass is 10.0. The number of aromatic amines is 2. The number of H-pyrrole nitrogens is 2. The van der Waals surface area contributed by atoms with E-state index in [9.17, 15) is 0 Å². The van der Waals surface area contributed by atoms with Crippen LogP contribution in [-0.4, -0.2) is 37.2 Å². The molecule has 1 aromatic carbocycles. The molecule has 0 amide bonds. The van der Waals surface area contributed by atoms with Crippen LogP contribution >= 0.6 is 0 Å². The van der Waals surface area contributed by atoms with Gasteiger partial charge < -0.3 is 9.72 Å². The van der Waals surface area contributed by atoms with E-state index in [0.717, 1.165) is 55.6 Å². The van der Waals surface area contributed by atoms with Crippen molar-refractivity contribution in [3.05, 3.63) is 79.5 Å². The van der Waals surface area contributed by atoms with E-state index in [1.807, 2.05) is 36.7 Å². The molecule has 0 fully saturated rings. The van der Waals surface area contributed by atoms with Crippen LogP contribution in [0.2, 0.25) is 0 Å². The maximum Gasteiger partial charge on any atom is 0.137 e. The molecule has 0 aliphatic heterocycles. The van der Waals surface area contributed by atoms with Crippen LogP contribution in [0.1, 0.15) is 0 Å². The summed E-state index contributed by atoms with van der Waals surface area (Å²) in [7, 11) is 1.63. The van der Waals surface area contributed by atoms with E-state index < -0.39 is 0 Å². The van der Waals surface area contributed by atoms with Gasteiger partial charge in [-0.1, -0.05) is 12.1 Å². The molecule has 0 spiro atoms. The van der Waals surface area contributed by atoms with Gasteiger partial charge in [0.2, 0.25) is 0 Å². The maximum absolute atomic E-state index is 5.31. The van der Waals surface area contributed by atoms with E-state index in [4.69, 9.17) is 4.74 Å². The molecule has 7 heteroatoms. The van der Waals surface area contributed by atoms with Crippen LogP contribution in [0.5, 0.6) is 5.75 Å². The van der Waals surface area contributed by atoms with Crippen molar-refractivity contribution < 1.29 is 4.74 Å². The first-order valence-corrected chi connectivity index (χ1v) is 10.2. The highest BCUT2D eigenvalue weighted by molar-refractivity contribution is 6.01. The van der Waals surface area contributed by atoms with Crippen molar-refractivity contribution in [1.29, 1.82) is 0 Å². The second-order valence-electron chi connectivity index (χ2n) is 7.49. The number of fused-ring (bicyclic) bond motifs is 2. The fourth-order valence-electron chi connectivity index (χ4n) is 4.02. The first-order valence-electron chi connectivity index (χ1n) is 10.2. The Bertz CT molecular complexity index is 1570. The van der Waals surface area contributed by atoms with Gasteiger partial charge in [0.25, 0.3) is 0 Å². The van der Waals surface area contributed by atoms with Gasteiger partial charge in [-0.3, -0.25) is 20.1 Å². The Labute approximate surface area is 183 Å². The highest BCUT2D eigenvalue weighted by atomic mass is 16.5. The van der Waals surface area contributed by atoms with E-state index in [1.165, 1.54) is 0 Å². The maximum atomic E-state index is 5.31. The summed E-state index contributed by atoms with van der Waals surface area (Å²) in [6.45, 7) is 0. The summed E-state index contributed by atoms with van der Waals surface area (Å²) in [5.74, 6) is 0.691. The van der Waals surface area contributed by atoms with Crippen LogP contribution in [0.3, 0.4) is 0 Å². The zero-order valence-electron chi connectivity index (χ0n) is 17.2. The van der Waals surface area contributed by atoms with Gasteiger partial charge in [0.05, 0.1) is 36.4 Å². The lowest BCUT2D eigenvalue weighted by Crippen LogP contribution is -1.88. The van der Waals surface area contributed by atoms with Crippen LogP contribution in [0.15, 0.2) is 79.5 Å². The number of pyridine rings is 3. The van der Waals surface area contributed by atoms with E-state index in [-0.39, 0.29) is 0 Å². The van der Waals surface area contributed by atoms with Crippen molar-refractivity contribution in [2.24, 2.45) is 0 Å². The van der Waals surface area contributed by atoms with Crippen LogP contribution < -0.4 is 4.74 Å². The number of ether oxygens (including phenoxy) is 1. The molecule has 0 saturated carbocycles. The third-order valence-electron chi connectivity index (χ3n) is 5.60. The second kappa shape index (κ2) is 7.31. The van der Waals surface area contributed by atoms with Gasteiger partial charge in [-0.05, 0) is 47.5 Å². The first kappa shape index (κ1) is 18.3. The minimum atomic E-state index is 0.691. The largest absolute Gasteiger partial charge is 0.495 e. The number of nitrogens with one attached hydrogen (secondary N) is 2. The highest BCUT2D eigenvalue weighted by Crippen LogP contribution is 2.34. The molecule has 0 aliphatic rings. The van der Waals surface area contributed by atoms with Gasteiger partial charge in [0.1, 0.15) is 11.4 Å². The average Bonchev–Trinajstić information content (AvgIpc) is 3.48. The molecule has 5 aromatic heterocycles. The summed E-state index contributed by atoms with van der Waals surface area (Å²) in [6.07, 6.45) is 8.87. The van der Waals surface area contributed by atoms with Crippen molar-refractivity contribution in [2.45, 2.75) is 0 Å². The van der Waals surface area contributed by atoms with Crippen LogP contribution in [0.4, 0.5) is 0 Å². The quantitative estimate of drug-likeness (QED) is 0.408. The summed E-state index contributed by atoms with van der Waals surface area (Å²) in [6, 6.07) is 16.4. The molecule has 0 bridgehead atoms. The minimum absolute atomic E-state index is 0.691. The Balaban J connectivity index is 1.50. The van der Waals surface area contributed by atoms with Gasteiger partial charge >= 0.3 is 0 Å². The normalized spacial score (nSPS) is 11.3. The zero-order chi connectivity index (χ0) is 21.5. The van der Waals surface area contributed by atoms with E-state index >= 15 is 0 Å². The van der Waals surface area contributed by atoms with Crippen molar-refractivity contribution in [3.8, 4) is 39.5 Å². The van der Waals surface area contributed by atoms with Crippen molar-refractivity contribution in [1.82, 2.24) is 30.1 Å². The number of benzene rings is 1. The predicted molar refractivity (Wildman–Crippen MR) is 124 cm³/mol. The van der Waals surface area contributed by atoms with Crippen LogP contribution in [0.25, 0.3) is 55.6 Å². The molecule has 2 N–H and O–H groups in total. The Hall–Kier alpha value is -4.52. The van der Waals surface area contributed by atoms with Crippen LogP contribution in [-0.2, 0) is 0 Å². The third kappa shape index (κ3) is 2.99. The smallest absolute Gasteiger partial charge is 0.137 e. The summed E-state index contributed by atoms with van der Waals surface area (Å²) in [4.78, 5) is 16.5. The summed E-state index contributed by atoms with van der Waals surface area (Å²) in [5.41, 5.74) is 7.67. The molecular weight excluding hydrogens is 400 g/mol.